The molecule has 0 aliphatic rings. The number of likely N-dealkylation sites (N-methyl/N-ethyl adjacent to an activating group) is 1. The van der Waals surface area contributed by atoms with Gasteiger partial charge in [0.15, 0.2) is 0 Å². The van der Waals surface area contributed by atoms with Crippen molar-refractivity contribution < 1.29 is 18.0 Å². The molecular weight excluding hydrogens is 557 g/mol. The van der Waals surface area contributed by atoms with Crippen molar-refractivity contribution in [2.24, 2.45) is 5.92 Å². The third kappa shape index (κ3) is 8.54. The highest BCUT2D eigenvalue weighted by atomic mass is 35.5. The highest BCUT2D eigenvalue weighted by Gasteiger charge is 2.33. The third-order valence-electron chi connectivity index (χ3n) is 6.13. The van der Waals surface area contributed by atoms with Crippen LogP contribution in [0.5, 0.6) is 0 Å². The lowest BCUT2D eigenvalue weighted by Crippen LogP contribution is -2.53. The van der Waals surface area contributed by atoms with E-state index in [-0.39, 0.29) is 29.7 Å². The van der Waals surface area contributed by atoms with Crippen molar-refractivity contribution in [1.29, 1.82) is 0 Å². The summed E-state index contributed by atoms with van der Waals surface area (Å²) in [6.07, 6.45) is 0.245. The Balaban J connectivity index is 1.97. The maximum absolute atomic E-state index is 13.9. The fraction of sp³-hybridized carbons (Fsp3) is 0.310. The normalized spacial score (nSPS) is 12.4. The van der Waals surface area contributed by atoms with Gasteiger partial charge < -0.3 is 10.2 Å². The molecule has 39 heavy (non-hydrogen) atoms. The molecule has 0 fully saturated rings. The van der Waals surface area contributed by atoms with Gasteiger partial charge in [0.05, 0.1) is 11.4 Å². The molecule has 3 aromatic carbocycles. The number of amides is 2. The molecule has 0 saturated carbocycles. The summed E-state index contributed by atoms with van der Waals surface area (Å²) in [5.41, 5.74) is 1.51. The van der Waals surface area contributed by atoms with Gasteiger partial charge in [-0.3, -0.25) is 9.59 Å². The first kappa shape index (κ1) is 30.6. The predicted octanol–water partition coefficient (Wildman–Crippen LogP) is 5.03. The van der Waals surface area contributed by atoms with E-state index in [1.165, 1.54) is 36.2 Å². The Hall–Kier alpha value is -2.91. The van der Waals surface area contributed by atoms with Crippen LogP contribution in [0.15, 0.2) is 83.8 Å². The summed E-state index contributed by atoms with van der Waals surface area (Å²) < 4.78 is 27.4. The summed E-state index contributed by atoms with van der Waals surface area (Å²) in [5, 5.41) is 3.78. The molecule has 2 amide bonds. The van der Waals surface area contributed by atoms with Crippen LogP contribution >= 0.6 is 23.2 Å². The summed E-state index contributed by atoms with van der Waals surface area (Å²) in [5.74, 6) is -0.651. The Morgan fingerprint density at radius 1 is 0.897 bits per heavy atom. The van der Waals surface area contributed by atoms with E-state index in [0.717, 1.165) is 9.87 Å². The average Bonchev–Trinajstić information content (AvgIpc) is 2.91. The first-order valence-electron chi connectivity index (χ1n) is 12.6. The van der Waals surface area contributed by atoms with Crippen molar-refractivity contribution in [3.05, 3.63) is 100 Å². The van der Waals surface area contributed by atoms with E-state index in [1.54, 1.807) is 24.3 Å². The molecule has 0 aliphatic heterocycles. The van der Waals surface area contributed by atoms with E-state index >= 15 is 0 Å². The van der Waals surface area contributed by atoms with Crippen molar-refractivity contribution >= 4 is 45.0 Å². The van der Waals surface area contributed by atoms with Gasteiger partial charge in [-0.25, -0.2) is 8.42 Å². The SMILES string of the molecule is CC(C)CNC(=O)[C@H](Cc1ccccc1)N(Cc1ccccc1Cl)C(=O)CN(C)S(=O)(=O)c1ccc(Cl)cc1. The molecule has 0 bridgehead atoms. The fourth-order valence-corrected chi connectivity index (χ4v) is 5.38. The monoisotopic (exact) mass is 589 g/mol. The zero-order valence-electron chi connectivity index (χ0n) is 22.2. The zero-order valence-corrected chi connectivity index (χ0v) is 24.5. The summed E-state index contributed by atoms with van der Waals surface area (Å²) in [7, 11) is -2.66. The molecule has 0 unspecified atom stereocenters. The number of nitrogens with one attached hydrogen (secondary N) is 1. The number of hydrogen-bond acceptors (Lipinski definition) is 4. The molecular formula is C29H33Cl2N3O4S. The molecule has 0 saturated heterocycles. The van der Waals surface area contributed by atoms with Crippen LogP contribution in [0, 0.1) is 5.92 Å². The number of carbonyl (C=O) groups excluding carboxylic acids is 2. The Labute approximate surface area is 240 Å². The Bertz CT molecular complexity index is 1370. The minimum Gasteiger partial charge on any atom is -0.354 e. The van der Waals surface area contributed by atoms with Crippen LogP contribution in [-0.2, 0) is 32.6 Å². The van der Waals surface area contributed by atoms with E-state index in [4.69, 9.17) is 23.2 Å². The summed E-state index contributed by atoms with van der Waals surface area (Å²) >= 11 is 12.4. The topological polar surface area (TPSA) is 86.8 Å². The van der Waals surface area contributed by atoms with Crippen LogP contribution in [0.3, 0.4) is 0 Å². The molecule has 1 N–H and O–H groups in total. The Kier molecular flexibility index (Phi) is 10.9. The van der Waals surface area contributed by atoms with Crippen LogP contribution < -0.4 is 5.32 Å². The number of carbonyl (C=O) groups is 2. The Morgan fingerprint density at radius 2 is 1.51 bits per heavy atom. The first-order valence-corrected chi connectivity index (χ1v) is 14.7. The van der Waals surface area contributed by atoms with Gasteiger partial charge >= 0.3 is 0 Å². The van der Waals surface area contributed by atoms with E-state index in [9.17, 15) is 18.0 Å². The predicted molar refractivity (Wildman–Crippen MR) is 155 cm³/mol. The van der Waals surface area contributed by atoms with Gasteiger partial charge in [-0.05, 0) is 47.4 Å². The highest BCUT2D eigenvalue weighted by Crippen LogP contribution is 2.22. The lowest BCUT2D eigenvalue weighted by molar-refractivity contribution is -0.141. The number of nitrogens with zero attached hydrogens (tertiary/aromatic N) is 2. The zero-order chi connectivity index (χ0) is 28.6. The molecule has 10 heteroatoms. The van der Waals surface area contributed by atoms with Gasteiger partial charge in [0.1, 0.15) is 6.04 Å². The van der Waals surface area contributed by atoms with Crippen molar-refractivity contribution in [2.75, 3.05) is 20.1 Å². The summed E-state index contributed by atoms with van der Waals surface area (Å²) in [6.45, 7) is 3.95. The first-order chi connectivity index (χ1) is 18.5. The lowest BCUT2D eigenvalue weighted by Gasteiger charge is -2.33. The van der Waals surface area contributed by atoms with Crippen LogP contribution in [0.25, 0.3) is 0 Å². The van der Waals surface area contributed by atoms with Crippen molar-refractivity contribution in [2.45, 2.75) is 37.8 Å². The number of rotatable bonds is 12. The van der Waals surface area contributed by atoms with Gasteiger partial charge in [0, 0.05) is 36.6 Å². The number of halogens is 2. The second kappa shape index (κ2) is 13.9. The van der Waals surface area contributed by atoms with Gasteiger partial charge in [-0.2, -0.15) is 4.31 Å². The molecule has 0 heterocycles. The maximum atomic E-state index is 13.9. The maximum Gasteiger partial charge on any atom is 0.243 e. The molecule has 7 nitrogen and oxygen atoms in total. The third-order valence-corrected chi connectivity index (χ3v) is 8.57. The van der Waals surface area contributed by atoms with Gasteiger partial charge in [-0.15, -0.1) is 0 Å². The van der Waals surface area contributed by atoms with Crippen LogP contribution in [0.1, 0.15) is 25.0 Å². The van der Waals surface area contributed by atoms with Gasteiger partial charge in [0.2, 0.25) is 21.8 Å². The van der Waals surface area contributed by atoms with Gasteiger partial charge in [0.25, 0.3) is 0 Å². The van der Waals surface area contributed by atoms with Crippen LogP contribution in [0.4, 0.5) is 0 Å². The van der Waals surface area contributed by atoms with E-state index in [0.29, 0.717) is 22.2 Å². The molecule has 1 atom stereocenters. The highest BCUT2D eigenvalue weighted by molar-refractivity contribution is 7.89. The molecule has 0 aromatic heterocycles. The Morgan fingerprint density at radius 3 is 2.13 bits per heavy atom. The summed E-state index contributed by atoms with van der Waals surface area (Å²) in [4.78, 5) is 28.8. The smallest absolute Gasteiger partial charge is 0.243 e. The van der Waals surface area contributed by atoms with Crippen molar-refractivity contribution in [1.82, 2.24) is 14.5 Å². The van der Waals surface area contributed by atoms with E-state index in [1.807, 2.05) is 44.2 Å². The summed E-state index contributed by atoms with van der Waals surface area (Å²) in [6, 6.07) is 21.3. The standard InChI is InChI=1S/C29H33Cl2N3O4S/c1-21(2)18-32-29(36)27(17-22-9-5-4-6-10-22)34(19-23-11-7-8-12-26(23)31)28(35)20-33(3)39(37,38)25-15-13-24(30)14-16-25/h4-16,21,27H,17-20H2,1-3H3,(H,32,36)/t27-/m0/s1. The average molecular weight is 591 g/mol. The second-order valence-corrected chi connectivity index (χ2v) is 12.6. The van der Waals surface area contributed by atoms with Crippen LogP contribution in [0.2, 0.25) is 10.0 Å². The quantitative estimate of drug-likeness (QED) is 0.321. The molecule has 0 aliphatic carbocycles. The molecule has 208 valence electrons. The second-order valence-electron chi connectivity index (χ2n) is 9.67. The number of hydrogen-bond donors (Lipinski definition) is 1. The van der Waals surface area contributed by atoms with Crippen LogP contribution in [-0.4, -0.2) is 55.6 Å². The fourth-order valence-electron chi connectivity index (χ4n) is 3.94. The van der Waals surface area contributed by atoms with Crippen molar-refractivity contribution in [3.8, 4) is 0 Å². The van der Waals surface area contributed by atoms with Gasteiger partial charge in [-0.1, -0.05) is 85.6 Å². The van der Waals surface area contributed by atoms with E-state index in [2.05, 4.69) is 5.32 Å². The lowest BCUT2D eigenvalue weighted by atomic mass is 10.0. The number of benzene rings is 3. The largest absolute Gasteiger partial charge is 0.354 e. The molecule has 3 aromatic rings. The number of sulfonamides is 1. The van der Waals surface area contributed by atoms with E-state index < -0.39 is 28.5 Å². The molecule has 0 spiro atoms. The minimum atomic E-state index is -3.99. The molecule has 3 rings (SSSR count). The molecule has 0 radical (unpaired) electrons. The minimum absolute atomic E-state index is 0.00960. The van der Waals surface area contributed by atoms with Crippen molar-refractivity contribution in [3.63, 3.8) is 0 Å².